The standard InChI is InChI=1S/C21H18N2O4/c1-13-2-5-16(22-11-14-3-6-17(24)9-20(14)26)8-19(13)23-12-15-4-7-18(25)10-21(15)27/h2-12,24-27H,1H3. The fourth-order valence-corrected chi connectivity index (χ4v) is 2.38. The van der Waals surface area contributed by atoms with Crippen LogP contribution in [0, 0.1) is 6.92 Å². The van der Waals surface area contributed by atoms with Gasteiger partial charge in [0.1, 0.15) is 23.0 Å². The van der Waals surface area contributed by atoms with E-state index in [0.717, 1.165) is 5.56 Å². The van der Waals surface area contributed by atoms with Crippen LogP contribution in [0.4, 0.5) is 11.4 Å². The first-order valence-corrected chi connectivity index (χ1v) is 8.15. The lowest BCUT2D eigenvalue weighted by molar-refractivity contribution is 0.449. The van der Waals surface area contributed by atoms with E-state index in [-0.39, 0.29) is 23.0 Å². The van der Waals surface area contributed by atoms with Crippen LogP contribution < -0.4 is 0 Å². The summed E-state index contributed by atoms with van der Waals surface area (Å²) in [5, 5.41) is 38.3. The highest BCUT2D eigenvalue weighted by atomic mass is 16.3. The Labute approximate surface area is 156 Å². The molecule has 0 radical (unpaired) electrons. The predicted octanol–water partition coefficient (Wildman–Crippen LogP) is 4.32. The van der Waals surface area contributed by atoms with Crippen LogP contribution in [0.1, 0.15) is 16.7 Å². The average molecular weight is 362 g/mol. The molecule has 6 heteroatoms. The predicted molar refractivity (Wildman–Crippen MR) is 105 cm³/mol. The van der Waals surface area contributed by atoms with Gasteiger partial charge in [0.25, 0.3) is 0 Å². The molecule has 3 aromatic carbocycles. The molecule has 27 heavy (non-hydrogen) atoms. The van der Waals surface area contributed by atoms with Gasteiger partial charge in [-0.1, -0.05) is 6.07 Å². The van der Waals surface area contributed by atoms with Gasteiger partial charge in [-0.2, -0.15) is 0 Å². The molecule has 0 bridgehead atoms. The van der Waals surface area contributed by atoms with Crippen LogP contribution in [0.15, 0.2) is 64.6 Å². The molecule has 0 saturated carbocycles. The molecule has 6 nitrogen and oxygen atoms in total. The summed E-state index contributed by atoms with van der Waals surface area (Å²) in [4.78, 5) is 8.72. The molecule has 0 unspecified atom stereocenters. The Morgan fingerprint density at radius 1 is 0.667 bits per heavy atom. The molecule has 0 amide bonds. The topological polar surface area (TPSA) is 106 Å². The van der Waals surface area contributed by atoms with E-state index in [1.54, 1.807) is 18.2 Å². The first-order chi connectivity index (χ1) is 12.9. The second-order valence-electron chi connectivity index (χ2n) is 5.97. The van der Waals surface area contributed by atoms with E-state index < -0.39 is 0 Å². The van der Waals surface area contributed by atoms with E-state index in [2.05, 4.69) is 9.98 Å². The van der Waals surface area contributed by atoms with Crippen LogP contribution in [0.3, 0.4) is 0 Å². The van der Waals surface area contributed by atoms with Crippen LogP contribution in [-0.4, -0.2) is 32.9 Å². The second kappa shape index (κ2) is 7.61. The van der Waals surface area contributed by atoms with Gasteiger partial charge in [0, 0.05) is 35.7 Å². The molecule has 3 rings (SSSR count). The third-order valence-corrected chi connectivity index (χ3v) is 3.92. The molecular weight excluding hydrogens is 344 g/mol. The van der Waals surface area contributed by atoms with Crippen molar-refractivity contribution >= 4 is 23.8 Å². The number of hydrogen-bond acceptors (Lipinski definition) is 6. The molecule has 0 aromatic heterocycles. The Morgan fingerprint density at radius 2 is 1.22 bits per heavy atom. The van der Waals surface area contributed by atoms with Crippen molar-refractivity contribution in [2.45, 2.75) is 6.92 Å². The lowest BCUT2D eigenvalue weighted by atomic mass is 10.1. The van der Waals surface area contributed by atoms with Crippen molar-refractivity contribution in [1.82, 2.24) is 0 Å². The van der Waals surface area contributed by atoms with Crippen molar-refractivity contribution in [3.63, 3.8) is 0 Å². The third-order valence-electron chi connectivity index (χ3n) is 3.92. The van der Waals surface area contributed by atoms with Crippen LogP contribution >= 0.6 is 0 Å². The number of hydrogen-bond donors (Lipinski definition) is 4. The fraction of sp³-hybridized carbons (Fsp3) is 0.0476. The van der Waals surface area contributed by atoms with Gasteiger partial charge in [-0.25, -0.2) is 0 Å². The van der Waals surface area contributed by atoms with E-state index >= 15 is 0 Å². The minimum absolute atomic E-state index is 0.0188. The largest absolute Gasteiger partial charge is 0.508 e. The van der Waals surface area contributed by atoms with Crippen molar-refractivity contribution in [1.29, 1.82) is 0 Å². The number of aromatic hydroxyl groups is 4. The Hall–Kier alpha value is -3.80. The molecular formula is C21H18N2O4. The van der Waals surface area contributed by atoms with E-state index in [1.165, 1.54) is 36.7 Å². The van der Waals surface area contributed by atoms with Gasteiger partial charge >= 0.3 is 0 Å². The van der Waals surface area contributed by atoms with E-state index in [9.17, 15) is 20.4 Å². The lowest BCUT2D eigenvalue weighted by Gasteiger charge is -2.03. The molecule has 0 saturated heterocycles. The number of aryl methyl sites for hydroxylation is 1. The molecule has 0 aliphatic rings. The summed E-state index contributed by atoms with van der Waals surface area (Å²) in [7, 11) is 0. The number of aliphatic imine (C=N–C) groups is 2. The summed E-state index contributed by atoms with van der Waals surface area (Å²) in [5.41, 5.74) is 3.20. The third kappa shape index (κ3) is 4.43. The minimum atomic E-state index is -0.0630. The van der Waals surface area contributed by atoms with Crippen molar-refractivity contribution in [2.75, 3.05) is 0 Å². The summed E-state index contributed by atoms with van der Waals surface area (Å²) >= 11 is 0. The molecule has 0 aliphatic carbocycles. The normalized spacial score (nSPS) is 11.4. The Balaban J connectivity index is 1.85. The maximum absolute atomic E-state index is 9.83. The highest BCUT2D eigenvalue weighted by Crippen LogP contribution is 2.27. The highest BCUT2D eigenvalue weighted by Gasteiger charge is 2.03. The summed E-state index contributed by atoms with van der Waals surface area (Å²) in [6.07, 6.45) is 3.01. The van der Waals surface area contributed by atoms with Crippen LogP contribution in [0.25, 0.3) is 0 Å². The van der Waals surface area contributed by atoms with Crippen LogP contribution in [0.5, 0.6) is 23.0 Å². The van der Waals surface area contributed by atoms with Crippen molar-refractivity contribution < 1.29 is 20.4 Å². The van der Waals surface area contributed by atoms with Gasteiger partial charge in [0.2, 0.25) is 0 Å². The second-order valence-corrected chi connectivity index (χ2v) is 5.97. The summed E-state index contributed by atoms with van der Waals surface area (Å²) in [6.45, 7) is 1.91. The fourth-order valence-electron chi connectivity index (χ4n) is 2.38. The zero-order valence-corrected chi connectivity index (χ0v) is 14.5. The zero-order chi connectivity index (χ0) is 19.4. The molecule has 0 heterocycles. The van der Waals surface area contributed by atoms with Gasteiger partial charge in [0.15, 0.2) is 0 Å². The van der Waals surface area contributed by atoms with Gasteiger partial charge < -0.3 is 20.4 Å². The quantitative estimate of drug-likeness (QED) is 0.519. The van der Waals surface area contributed by atoms with Gasteiger partial charge in [-0.15, -0.1) is 0 Å². The van der Waals surface area contributed by atoms with E-state index in [0.29, 0.717) is 22.5 Å². The molecule has 4 N–H and O–H groups in total. The molecule has 0 spiro atoms. The SMILES string of the molecule is Cc1ccc(N=Cc2ccc(O)cc2O)cc1N=Cc1ccc(O)cc1O. The first-order valence-electron chi connectivity index (χ1n) is 8.15. The average Bonchev–Trinajstić information content (AvgIpc) is 2.62. The van der Waals surface area contributed by atoms with Crippen molar-refractivity contribution in [3.05, 3.63) is 71.3 Å². The van der Waals surface area contributed by atoms with Crippen LogP contribution in [0.2, 0.25) is 0 Å². The number of rotatable bonds is 4. The maximum Gasteiger partial charge on any atom is 0.128 e. The summed E-state index contributed by atoms with van der Waals surface area (Å²) in [6, 6.07) is 14.0. The Bertz CT molecular complexity index is 1040. The smallest absolute Gasteiger partial charge is 0.128 e. The van der Waals surface area contributed by atoms with E-state index in [1.807, 2.05) is 19.1 Å². The Morgan fingerprint density at radius 3 is 1.78 bits per heavy atom. The first kappa shape index (κ1) is 18.0. The number of phenolic OH excluding ortho intramolecular Hbond substituents is 4. The molecule has 3 aromatic rings. The molecule has 0 aliphatic heterocycles. The molecule has 0 fully saturated rings. The highest BCUT2D eigenvalue weighted by molar-refractivity contribution is 5.87. The summed E-state index contributed by atoms with van der Waals surface area (Å²) in [5.74, 6) is -0.163. The van der Waals surface area contributed by atoms with Crippen molar-refractivity contribution in [2.24, 2.45) is 9.98 Å². The number of phenols is 4. The monoisotopic (exact) mass is 362 g/mol. The van der Waals surface area contributed by atoms with Gasteiger partial charge in [0.05, 0.1) is 11.4 Å². The minimum Gasteiger partial charge on any atom is -0.508 e. The Kier molecular flexibility index (Phi) is 5.08. The van der Waals surface area contributed by atoms with Crippen molar-refractivity contribution in [3.8, 4) is 23.0 Å². The van der Waals surface area contributed by atoms with Gasteiger partial charge in [-0.05, 0) is 48.9 Å². The molecule has 136 valence electrons. The number of benzene rings is 3. The summed E-state index contributed by atoms with van der Waals surface area (Å²) < 4.78 is 0. The van der Waals surface area contributed by atoms with Gasteiger partial charge in [-0.3, -0.25) is 9.98 Å². The number of nitrogens with zero attached hydrogens (tertiary/aromatic N) is 2. The van der Waals surface area contributed by atoms with E-state index in [4.69, 9.17) is 0 Å². The van der Waals surface area contributed by atoms with Crippen LogP contribution in [-0.2, 0) is 0 Å². The lowest BCUT2D eigenvalue weighted by Crippen LogP contribution is -1.84. The zero-order valence-electron chi connectivity index (χ0n) is 14.5. The maximum atomic E-state index is 9.83. The molecule has 0 atom stereocenters.